The lowest BCUT2D eigenvalue weighted by molar-refractivity contribution is -0.134. The molecule has 1 saturated heterocycles. The lowest BCUT2D eigenvalue weighted by Gasteiger charge is -2.24. The first-order valence-corrected chi connectivity index (χ1v) is 6.38. The summed E-state index contributed by atoms with van der Waals surface area (Å²) in [5.74, 6) is -0.152. The van der Waals surface area contributed by atoms with Gasteiger partial charge in [-0.15, -0.1) is 0 Å². The molecule has 0 spiro atoms. The number of hydrogen-bond acceptors (Lipinski definition) is 3. The summed E-state index contributed by atoms with van der Waals surface area (Å²) >= 11 is 0. The number of amides is 1. The molecule has 1 aromatic carbocycles. The molecule has 2 atom stereocenters. The second-order valence-electron chi connectivity index (χ2n) is 4.91. The highest BCUT2D eigenvalue weighted by Crippen LogP contribution is 2.19. The van der Waals surface area contributed by atoms with Gasteiger partial charge >= 0.3 is 0 Å². The van der Waals surface area contributed by atoms with Crippen LogP contribution >= 0.6 is 0 Å². The average molecular weight is 248 g/mol. The van der Waals surface area contributed by atoms with Crippen LogP contribution in [0.3, 0.4) is 0 Å². The molecule has 0 saturated carbocycles. The van der Waals surface area contributed by atoms with Gasteiger partial charge in [0.15, 0.2) is 0 Å². The van der Waals surface area contributed by atoms with Gasteiger partial charge in [0.25, 0.3) is 0 Å². The van der Waals surface area contributed by atoms with Crippen LogP contribution in [0.5, 0.6) is 0 Å². The molecule has 0 aliphatic carbocycles. The van der Waals surface area contributed by atoms with Crippen LogP contribution in [0.15, 0.2) is 24.3 Å². The van der Waals surface area contributed by atoms with Crippen LogP contribution in [0.25, 0.3) is 0 Å². The van der Waals surface area contributed by atoms with Crippen molar-refractivity contribution < 1.29 is 9.90 Å². The summed E-state index contributed by atoms with van der Waals surface area (Å²) < 4.78 is 0. The van der Waals surface area contributed by atoms with Gasteiger partial charge in [-0.1, -0.05) is 29.8 Å². The monoisotopic (exact) mass is 248 g/mol. The molecule has 0 bridgehead atoms. The number of carbonyl (C=O) groups excluding carboxylic acids is 1. The Morgan fingerprint density at radius 1 is 1.28 bits per heavy atom. The van der Waals surface area contributed by atoms with E-state index in [0.717, 1.165) is 31.5 Å². The molecule has 1 aromatic rings. The van der Waals surface area contributed by atoms with Crippen LogP contribution in [0.1, 0.15) is 30.1 Å². The standard InChI is InChI=1S/C14H20N2O2/c1-10-4-6-11(7-5-10)13(17)12(15)14(18)16-8-2-3-9-16/h4-7,12-13,17H,2-3,8-9,15H2,1H3/t12-,13+/m0/s1. The third-order valence-electron chi connectivity index (χ3n) is 3.46. The summed E-state index contributed by atoms with van der Waals surface area (Å²) in [5.41, 5.74) is 7.68. The lowest BCUT2D eigenvalue weighted by Crippen LogP contribution is -2.45. The summed E-state index contributed by atoms with van der Waals surface area (Å²) in [5, 5.41) is 10.1. The predicted molar refractivity (Wildman–Crippen MR) is 69.9 cm³/mol. The van der Waals surface area contributed by atoms with Crippen molar-refractivity contribution in [1.29, 1.82) is 0 Å². The minimum Gasteiger partial charge on any atom is -0.386 e. The van der Waals surface area contributed by atoms with Crippen molar-refractivity contribution in [3.05, 3.63) is 35.4 Å². The highest BCUT2D eigenvalue weighted by atomic mass is 16.3. The van der Waals surface area contributed by atoms with Crippen LogP contribution in [-0.2, 0) is 4.79 Å². The summed E-state index contributed by atoms with van der Waals surface area (Å²) in [7, 11) is 0. The van der Waals surface area contributed by atoms with Crippen molar-refractivity contribution in [2.45, 2.75) is 31.9 Å². The first kappa shape index (κ1) is 13.1. The van der Waals surface area contributed by atoms with Gasteiger partial charge in [-0.2, -0.15) is 0 Å². The Labute approximate surface area is 107 Å². The molecule has 4 heteroatoms. The molecule has 2 rings (SSSR count). The minimum absolute atomic E-state index is 0.152. The third-order valence-corrected chi connectivity index (χ3v) is 3.46. The maximum Gasteiger partial charge on any atom is 0.242 e. The number of nitrogens with zero attached hydrogens (tertiary/aromatic N) is 1. The molecular weight excluding hydrogens is 228 g/mol. The maximum atomic E-state index is 12.1. The smallest absolute Gasteiger partial charge is 0.242 e. The third kappa shape index (κ3) is 2.71. The Morgan fingerprint density at radius 3 is 2.39 bits per heavy atom. The topological polar surface area (TPSA) is 66.6 Å². The Hall–Kier alpha value is -1.39. The molecule has 1 aliphatic rings. The number of aliphatic hydroxyl groups excluding tert-OH is 1. The molecule has 98 valence electrons. The fraction of sp³-hybridized carbons (Fsp3) is 0.500. The van der Waals surface area contributed by atoms with Crippen molar-refractivity contribution >= 4 is 5.91 Å². The highest BCUT2D eigenvalue weighted by Gasteiger charge is 2.29. The second-order valence-corrected chi connectivity index (χ2v) is 4.91. The van der Waals surface area contributed by atoms with Gasteiger partial charge in [-0.05, 0) is 25.3 Å². The second kappa shape index (κ2) is 5.50. The summed E-state index contributed by atoms with van der Waals surface area (Å²) in [6.07, 6.45) is 1.12. The number of benzene rings is 1. The van der Waals surface area contributed by atoms with E-state index in [4.69, 9.17) is 5.73 Å². The Balaban J connectivity index is 2.05. The van der Waals surface area contributed by atoms with Gasteiger partial charge in [-0.25, -0.2) is 0 Å². The van der Waals surface area contributed by atoms with Crippen LogP contribution < -0.4 is 5.73 Å². The number of aliphatic hydroxyl groups is 1. The molecule has 4 nitrogen and oxygen atoms in total. The van der Waals surface area contributed by atoms with E-state index < -0.39 is 12.1 Å². The molecule has 0 radical (unpaired) electrons. The number of carbonyl (C=O) groups is 1. The molecule has 0 unspecified atom stereocenters. The van der Waals surface area contributed by atoms with Gasteiger partial charge in [0, 0.05) is 13.1 Å². The lowest BCUT2D eigenvalue weighted by atomic mass is 10.0. The quantitative estimate of drug-likeness (QED) is 0.838. The van der Waals surface area contributed by atoms with Crippen LogP contribution in [0, 0.1) is 6.92 Å². The average Bonchev–Trinajstić information content (AvgIpc) is 2.91. The number of nitrogens with two attached hydrogens (primary N) is 1. The molecule has 18 heavy (non-hydrogen) atoms. The SMILES string of the molecule is Cc1ccc([C@@H](O)[C@H](N)C(=O)N2CCCC2)cc1. The van der Waals surface area contributed by atoms with Gasteiger partial charge in [0.1, 0.15) is 12.1 Å². The summed E-state index contributed by atoms with van der Waals surface area (Å²) in [4.78, 5) is 13.8. The molecule has 0 aromatic heterocycles. The predicted octanol–water partition coefficient (Wildman–Crippen LogP) is 0.978. The van der Waals surface area contributed by atoms with Gasteiger partial charge in [-0.3, -0.25) is 4.79 Å². The molecule has 1 aliphatic heterocycles. The van der Waals surface area contributed by atoms with E-state index in [-0.39, 0.29) is 5.91 Å². The summed E-state index contributed by atoms with van der Waals surface area (Å²) in [6, 6.07) is 6.58. The molecule has 1 fully saturated rings. The van der Waals surface area contributed by atoms with E-state index in [9.17, 15) is 9.90 Å². The van der Waals surface area contributed by atoms with E-state index in [1.807, 2.05) is 31.2 Å². The number of likely N-dealkylation sites (tertiary alicyclic amines) is 1. The fourth-order valence-corrected chi connectivity index (χ4v) is 2.25. The number of aryl methyl sites for hydroxylation is 1. The van der Waals surface area contributed by atoms with Crippen molar-refractivity contribution in [2.75, 3.05) is 13.1 Å². The molecule has 1 heterocycles. The number of rotatable bonds is 3. The Kier molecular flexibility index (Phi) is 3.99. The minimum atomic E-state index is -0.932. The molecule has 3 N–H and O–H groups in total. The largest absolute Gasteiger partial charge is 0.386 e. The van der Waals surface area contributed by atoms with Crippen molar-refractivity contribution in [2.24, 2.45) is 5.73 Å². The van der Waals surface area contributed by atoms with E-state index in [2.05, 4.69) is 0 Å². The normalized spacial score (nSPS) is 18.7. The Bertz CT molecular complexity index is 410. The first-order chi connectivity index (χ1) is 8.59. The van der Waals surface area contributed by atoms with Crippen LogP contribution in [0.2, 0.25) is 0 Å². The first-order valence-electron chi connectivity index (χ1n) is 6.38. The number of hydrogen-bond donors (Lipinski definition) is 2. The van der Waals surface area contributed by atoms with Gasteiger partial charge in [0.2, 0.25) is 5.91 Å². The zero-order valence-electron chi connectivity index (χ0n) is 10.7. The summed E-state index contributed by atoms with van der Waals surface area (Å²) in [6.45, 7) is 3.49. The van der Waals surface area contributed by atoms with E-state index >= 15 is 0 Å². The van der Waals surface area contributed by atoms with Gasteiger partial charge < -0.3 is 15.7 Å². The van der Waals surface area contributed by atoms with Gasteiger partial charge in [0.05, 0.1) is 0 Å². The van der Waals surface area contributed by atoms with E-state index in [1.165, 1.54) is 0 Å². The maximum absolute atomic E-state index is 12.1. The zero-order valence-corrected chi connectivity index (χ0v) is 10.7. The van der Waals surface area contributed by atoms with E-state index in [1.54, 1.807) is 4.90 Å². The molecular formula is C14H20N2O2. The highest BCUT2D eigenvalue weighted by molar-refractivity contribution is 5.82. The van der Waals surface area contributed by atoms with Crippen molar-refractivity contribution in [3.63, 3.8) is 0 Å². The Morgan fingerprint density at radius 2 is 1.83 bits per heavy atom. The van der Waals surface area contributed by atoms with Crippen molar-refractivity contribution in [3.8, 4) is 0 Å². The molecule has 1 amide bonds. The fourth-order valence-electron chi connectivity index (χ4n) is 2.25. The van der Waals surface area contributed by atoms with Crippen LogP contribution in [0.4, 0.5) is 0 Å². The van der Waals surface area contributed by atoms with Crippen molar-refractivity contribution in [1.82, 2.24) is 4.90 Å². The van der Waals surface area contributed by atoms with Crippen LogP contribution in [-0.4, -0.2) is 35.0 Å². The zero-order chi connectivity index (χ0) is 13.1. The van der Waals surface area contributed by atoms with E-state index in [0.29, 0.717) is 5.56 Å².